The van der Waals surface area contributed by atoms with Gasteiger partial charge in [-0.3, -0.25) is 4.79 Å². The first-order valence-electron chi connectivity index (χ1n) is 6.25. The summed E-state index contributed by atoms with van der Waals surface area (Å²) in [4.78, 5) is 15.1. The van der Waals surface area contributed by atoms with E-state index in [1.807, 2.05) is 0 Å². The van der Waals surface area contributed by atoms with Gasteiger partial charge in [0.2, 0.25) is 0 Å². The molecule has 0 saturated heterocycles. The third kappa shape index (κ3) is 2.27. The number of nitrogens with one attached hydrogen (secondary N) is 1. The lowest BCUT2D eigenvalue weighted by molar-refractivity contribution is 0.415. The molecule has 5 heteroatoms. The summed E-state index contributed by atoms with van der Waals surface area (Å²) in [5, 5.41) is -0.0205. The van der Waals surface area contributed by atoms with Crippen molar-refractivity contribution < 1.29 is 13.5 Å². The first-order chi connectivity index (χ1) is 10.1. The average molecular weight is 287 g/mol. The Kier molecular flexibility index (Phi) is 3.17. The van der Waals surface area contributed by atoms with Crippen LogP contribution in [0.1, 0.15) is 0 Å². The van der Waals surface area contributed by atoms with Gasteiger partial charge in [-0.2, -0.15) is 0 Å². The van der Waals surface area contributed by atoms with Gasteiger partial charge in [-0.15, -0.1) is 0 Å². The normalized spacial score (nSPS) is 10.8. The van der Waals surface area contributed by atoms with E-state index >= 15 is 0 Å². The number of halogens is 2. The minimum atomic E-state index is -0.792. The first kappa shape index (κ1) is 13.3. The molecular formula is C16H11F2NO2. The maximum Gasteiger partial charge on any atom is 0.197 e. The third-order valence-electron chi connectivity index (χ3n) is 3.29. The quantitative estimate of drug-likeness (QED) is 0.784. The summed E-state index contributed by atoms with van der Waals surface area (Å²) in [5.41, 5.74) is 0.497. The Balaban J connectivity index is 2.29. The molecule has 106 valence electrons. The van der Waals surface area contributed by atoms with Crippen LogP contribution >= 0.6 is 0 Å². The van der Waals surface area contributed by atoms with Crippen molar-refractivity contribution in [1.82, 2.24) is 4.98 Å². The minimum Gasteiger partial charge on any atom is -0.497 e. The number of methoxy groups -OCH3 is 1. The Morgan fingerprint density at radius 3 is 2.71 bits per heavy atom. The lowest BCUT2D eigenvalue weighted by Gasteiger charge is -2.06. The van der Waals surface area contributed by atoms with Crippen molar-refractivity contribution in [2.45, 2.75) is 0 Å². The van der Waals surface area contributed by atoms with Crippen molar-refractivity contribution in [3.05, 3.63) is 64.5 Å². The monoisotopic (exact) mass is 287 g/mol. The van der Waals surface area contributed by atoms with Crippen molar-refractivity contribution in [3.8, 4) is 16.9 Å². The zero-order valence-corrected chi connectivity index (χ0v) is 11.1. The number of hydrogen-bond donors (Lipinski definition) is 1. The van der Waals surface area contributed by atoms with E-state index in [0.717, 1.165) is 12.1 Å². The van der Waals surface area contributed by atoms with E-state index in [0.29, 0.717) is 16.9 Å². The van der Waals surface area contributed by atoms with Crippen LogP contribution in [0.15, 0.2) is 47.4 Å². The van der Waals surface area contributed by atoms with Crippen LogP contribution in [0.25, 0.3) is 22.0 Å². The van der Waals surface area contributed by atoms with E-state index in [1.54, 1.807) is 24.3 Å². The molecule has 0 spiro atoms. The molecule has 0 saturated carbocycles. The summed E-state index contributed by atoms with van der Waals surface area (Å²) in [5.74, 6) is -0.981. The number of hydrogen-bond acceptors (Lipinski definition) is 2. The van der Waals surface area contributed by atoms with Crippen LogP contribution in [0, 0.1) is 11.6 Å². The summed E-state index contributed by atoms with van der Waals surface area (Å²) in [6.07, 6.45) is 1.42. The van der Waals surface area contributed by atoms with Gasteiger partial charge in [0.15, 0.2) is 5.43 Å². The molecular weight excluding hydrogens is 276 g/mol. The molecule has 2 aromatic carbocycles. The van der Waals surface area contributed by atoms with E-state index in [4.69, 9.17) is 4.74 Å². The molecule has 0 bridgehead atoms. The van der Waals surface area contributed by atoms with Crippen molar-refractivity contribution in [1.29, 1.82) is 0 Å². The third-order valence-corrected chi connectivity index (χ3v) is 3.29. The zero-order valence-electron chi connectivity index (χ0n) is 11.1. The highest BCUT2D eigenvalue weighted by Crippen LogP contribution is 2.23. The molecule has 0 aliphatic carbocycles. The molecule has 3 aromatic rings. The largest absolute Gasteiger partial charge is 0.497 e. The van der Waals surface area contributed by atoms with Gasteiger partial charge in [0.05, 0.1) is 18.0 Å². The maximum absolute atomic E-state index is 13.6. The van der Waals surface area contributed by atoms with E-state index in [2.05, 4.69) is 4.98 Å². The second kappa shape index (κ2) is 5.01. The fraction of sp³-hybridized carbons (Fsp3) is 0.0625. The summed E-state index contributed by atoms with van der Waals surface area (Å²) >= 11 is 0. The van der Waals surface area contributed by atoms with Crippen molar-refractivity contribution in [3.63, 3.8) is 0 Å². The maximum atomic E-state index is 13.6. The highest BCUT2D eigenvalue weighted by atomic mass is 19.1. The minimum absolute atomic E-state index is 0.00644. The molecule has 1 aromatic heterocycles. The molecule has 0 amide bonds. The van der Waals surface area contributed by atoms with E-state index in [1.165, 1.54) is 13.3 Å². The second-order valence-electron chi connectivity index (χ2n) is 4.57. The summed E-state index contributed by atoms with van der Waals surface area (Å²) in [6.45, 7) is 0. The molecule has 21 heavy (non-hydrogen) atoms. The topological polar surface area (TPSA) is 42.1 Å². The van der Waals surface area contributed by atoms with Gasteiger partial charge >= 0.3 is 0 Å². The molecule has 0 aliphatic heterocycles. The molecule has 0 unspecified atom stereocenters. The van der Waals surface area contributed by atoms with Crippen LogP contribution in [0.3, 0.4) is 0 Å². The average Bonchev–Trinajstić information content (AvgIpc) is 2.48. The SMILES string of the molecule is COc1cccc(-c2c[nH]c3c(F)cc(F)cc3c2=O)c1. The second-order valence-corrected chi connectivity index (χ2v) is 4.57. The summed E-state index contributed by atoms with van der Waals surface area (Å²) < 4.78 is 32.1. The number of rotatable bonds is 2. The molecule has 3 rings (SSSR count). The fourth-order valence-electron chi connectivity index (χ4n) is 2.26. The van der Waals surface area contributed by atoms with Crippen molar-refractivity contribution in [2.75, 3.05) is 7.11 Å². The lowest BCUT2D eigenvalue weighted by Crippen LogP contribution is -2.08. The molecule has 0 radical (unpaired) electrons. The van der Waals surface area contributed by atoms with Gasteiger partial charge in [0, 0.05) is 17.8 Å². The van der Waals surface area contributed by atoms with Crippen LogP contribution in [0.2, 0.25) is 0 Å². The van der Waals surface area contributed by atoms with Crippen LogP contribution in [0.5, 0.6) is 5.75 Å². The van der Waals surface area contributed by atoms with E-state index < -0.39 is 17.1 Å². The van der Waals surface area contributed by atoms with Gasteiger partial charge in [0.25, 0.3) is 0 Å². The van der Waals surface area contributed by atoms with Crippen LogP contribution in [-0.4, -0.2) is 12.1 Å². The number of pyridine rings is 1. The highest BCUT2D eigenvalue weighted by molar-refractivity contribution is 5.84. The van der Waals surface area contributed by atoms with Gasteiger partial charge in [-0.25, -0.2) is 8.78 Å². The smallest absolute Gasteiger partial charge is 0.197 e. The predicted octanol–water partition coefficient (Wildman–Crippen LogP) is 3.48. The molecule has 3 nitrogen and oxygen atoms in total. The lowest BCUT2D eigenvalue weighted by atomic mass is 10.0. The van der Waals surface area contributed by atoms with E-state index in [-0.39, 0.29) is 10.9 Å². The highest BCUT2D eigenvalue weighted by Gasteiger charge is 2.12. The van der Waals surface area contributed by atoms with Gasteiger partial charge in [-0.1, -0.05) is 12.1 Å². The Bertz CT molecular complexity index is 887. The van der Waals surface area contributed by atoms with Crippen molar-refractivity contribution in [2.24, 2.45) is 0 Å². The number of fused-ring (bicyclic) bond motifs is 1. The van der Waals surface area contributed by atoms with E-state index in [9.17, 15) is 13.6 Å². The number of aromatic nitrogens is 1. The van der Waals surface area contributed by atoms with Crippen LogP contribution in [-0.2, 0) is 0 Å². The molecule has 0 fully saturated rings. The van der Waals surface area contributed by atoms with Gasteiger partial charge < -0.3 is 9.72 Å². The Labute approximate surface area is 118 Å². The van der Waals surface area contributed by atoms with Crippen LogP contribution < -0.4 is 10.2 Å². The van der Waals surface area contributed by atoms with Crippen LogP contribution in [0.4, 0.5) is 8.78 Å². The predicted molar refractivity (Wildman–Crippen MR) is 76.5 cm³/mol. The standard InChI is InChI=1S/C16H11F2NO2/c1-21-11-4-2-3-9(5-11)13-8-19-15-12(16(13)20)6-10(17)7-14(15)18/h2-8H,1H3,(H,19,20). The molecule has 0 atom stereocenters. The molecule has 1 heterocycles. The van der Waals surface area contributed by atoms with Gasteiger partial charge in [0.1, 0.15) is 17.4 Å². The first-order valence-corrected chi connectivity index (χ1v) is 6.25. The number of ether oxygens (including phenoxy) is 1. The Morgan fingerprint density at radius 1 is 1.14 bits per heavy atom. The summed E-state index contributed by atoms with van der Waals surface area (Å²) in [6, 6.07) is 8.67. The van der Waals surface area contributed by atoms with Crippen molar-refractivity contribution >= 4 is 10.9 Å². The Morgan fingerprint density at radius 2 is 1.95 bits per heavy atom. The number of benzene rings is 2. The Hall–Kier alpha value is -2.69. The zero-order chi connectivity index (χ0) is 15.0. The molecule has 0 aliphatic rings. The fourth-order valence-corrected chi connectivity index (χ4v) is 2.26. The molecule has 1 N–H and O–H groups in total. The number of H-pyrrole nitrogens is 1. The number of aromatic amines is 1. The van der Waals surface area contributed by atoms with Gasteiger partial charge in [-0.05, 0) is 23.8 Å². The summed E-state index contributed by atoms with van der Waals surface area (Å²) in [7, 11) is 1.52.